The molecule has 1 heterocycles. The highest BCUT2D eigenvalue weighted by atomic mass is 32.2. The summed E-state index contributed by atoms with van der Waals surface area (Å²) in [5.74, 6) is -2.37. The van der Waals surface area contributed by atoms with Gasteiger partial charge in [0.1, 0.15) is 0 Å². The number of aromatic amines is 1. The Morgan fingerprint density at radius 1 is 1.37 bits per heavy atom. The molecular weight excluding hydrogens is 266 g/mol. The summed E-state index contributed by atoms with van der Waals surface area (Å²) in [7, 11) is 2.08. The maximum Gasteiger partial charge on any atom is 0.288 e. The van der Waals surface area contributed by atoms with E-state index >= 15 is 0 Å². The predicted octanol–water partition coefficient (Wildman–Crippen LogP) is 3.98. The number of hydrogen-bond acceptors (Lipinski definition) is 2. The summed E-state index contributed by atoms with van der Waals surface area (Å²) in [6, 6.07) is 5.45. The Labute approximate surface area is 116 Å². The maximum atomic E-state index is 12.4. The van der Waals surface area contributed by atoms with Crippen molar-refractivity contribution in [3.8, 4) is 0 Å². The molecule has 0 spiro atoms. The first-order valence-corrected chi connectivity index (χ1v) is 7.21. The van der Waals surface area contributed by atoms with Crippen LogP contribution in [0.15, 0.2) is 29.3 Å². The van der Waals surface area contributed by atoms with E-state index in [0.717, 1.165) is 30.4 Å². The molecule has 0 saturated heterocycles. The van der Waals surface area contributed by atoms with Crippen LogP contribution in [0.4, 0.5) is 8.78 Å². The number of fused-ring (bicyclic) bond motifs is 1. The topological polar surface area (TPSA) is 19.0 Å². The minimum atomic E-state index is -2.37. The van der Waals surface area contributed by atoms with Crippen LogP contribution in [0.2, 0.25) is 0 Å². The zero-order chi connectivity index (χ0) is 13.8. The molecule has 19 heavy (non-hydrogen) atoms. The average Bonchev–Trinajstić information content (AvgIpc) is 2.77. The minimum absolute atomic E-state index is 0.597. The van der Waals surface area contributed by atoms with Crippen LogP contribution in [0.1, 0.15) is 12.5 Å². The minimum Gasteiger partial charge on any atom is -0.361 e. The molecule has 1 aromatic heterocycles. The summed E-state index contributed by atoms with van der Waals surface area (Å²) in [6.45, 7) is 4.09. The van der Waals surface area contributed by atoms with Crippen molar-refractivity contribution < 1.29 is 8.78 Å². The third kappa shape index (κ3) is 3.70. The molecule has 0 saturated carbocycles. The summed E-state index contributed by atoms with van der Waals surface area (Å²) in [6.07, 6.45) is 2.90. The van der Waals surface area contributed by atoms with Gasteiger partial charge in [0.2, 0.25) is 0 Å². The summed E-state index contributed by atoms with van der Waals surface area (Å²) < 4.78 is 24.8. The number of H-pyrrole nitrogens is 1. The number of benzene rings is 1. The number of nitrogens with one attached hydrogen (secondary N) is 1. The predicted molar refractivity (Wildman–Crippen MR) is 77.0 cm³/mol. The molecule has 2 rings (SSSR count). The smallest absolute Gasteiger partial charge is 0.288 e. The highest BCUT2D eigenvalue weighted by Crippen LogP contribution is 2.29. The third-order valence-corrected chi connectivity index (χ3v) is 3.97. The number of thioether (sulfide) groups is 1. The second-order valence-corrected chi connectivity index (χ2v) is 5.61. The van der Waals surface area contributed by atoms with Gasteiger partial charge in [-0.3, -0.25) is 0 Å². The van der Waals surface area contributed by atoms with Gasteiger partial charge in [-0.2, -0.15) is 8.78 Å². The van der Waals surface area contributed by atoms with Crippen LogP contribution in [0, 0.1) is 0 Å². The van der Waals surface area contributed by atoms with E-state index in [1.54, 1.807) is 6.07 Å². The van der Waals surface area contributed by atoms with Gasteiger partial charge in [0, 0.05) is 28.5 Å². The molecule has 0 fully saturated rings. The highest BCUT2D eigenvalue weighted by molar-refractivity contribution is 7.99. The van der Waals surface area contributed by atoms with Crippen molar-refractivity contribution in [2.75, 3.05) is 20.1 Å². The fraction of sp³-hybridized carbons (Fsp3) is 0.429. The van der Waals surface area contributed by atoms with Crippen molar-refractivity contribution in [3.05, 3.63) is 30.0 Å². The molecule has 0 aliphatic heterocycles. The van der Waals surface area contributed by atoms with Gasteiger partial charge < -0.3 is 9.88 Å². The van der Waals surface area contributed by atoms with Crippen molar-refractivity contribution in [3.63, 3.8) is 0 Å². The molecule has 2 nitrogen and oxygen atoms in total. The molecule has 0 atom stereocenters. The molecule has 104 valence electrons. The lowest BCUT2D eigenvalue weighted by atomic mass is 10.1. The second kappa shape index (κ2) is 6.39. The Hall–Kier alpha value is -1.07. The highest BCUT2D eigenvalue weighted by Gasteiger charge is 2.09. The van der Waals surface area contributed by atoms with Crippen LogP contribution in [0.3, 0.4) is 0 Å². The third-order valence-electron chi connectivity index (χ3n) is 3.27. The molecule has 1 N–H and O–H groups in total. The SMILES string of the molecule is CCN(C)CCc1c[nH]c2ccc(SC(F)F)cc12. The number of alkyl halides is 2. The molecule has 1 aromatic carbocycles. The van der Waals surface area contributed by atoms with Gasteiger partial charge in [0.25, 0.3) is 5.76 Å². The molecule has 0 aliphatic carbocycles. The van der Waals surface area contributed by atoms with E-state index in [4.69, 9.17) is 0 Å². The molecule has 0 aliphatic rings. The first-order valence-electron chi connectivity index (χ1n) is 6.33. The number of rotatable bonds is 6. The number of halogens is 2. The fourth-order valence-corrected chi connectivity index (χ4v) is 2.55. The number of aromatic nitrogens is 1. The van der Waals surface area contributed by atoms with Gasteiger partial charge >= 0.3 is 0 Å². The van der Waals surface area contributed by atoms with E-state index in [9.17, 15) is 8.78 Å². The van der Waals surface area contributed by atoms with Gasteiger partial charge in [-0.05, 0) is 43.8 Å². The maximum absolute atomic E-state index is 12.4. The first-order chi connectivity index (χ1) is 9.10. The normalized spacial score (nSPS) is 11.9. The van der Waals surface area contributed by atoms with E-state index in [0.29, 0.717) is 16.7 Å². The second-order valence-electron chi connectivity index (χ2n) is 4.55. The Kier molecular flexibility index (Phi) is 4.82. The Balaban J connectivity index is 2.19. The van der Waals surface area contributed by atoms with Gasteiger partial charge in [0.15, 0.2) is 0 Å². The fourth-order valence-electron chi connectivity index (χ4n) is 2.01. The van der Waals surface area contributed by atoms with Crippen LogP contribution in [-0.4, -0.2) is 35.8 Å². The average molecular weight is 284 g/mol. The van der Waals surface area contributed by atoms with E-state index in [1.807, 2.05) is 18.3 Å². The summed E-state index contributed by atoms with van der Waals surface area (Å²) >= 11 is 0.597. The van der Waals surface area contributed by atoms with Gasteiger partial charge in [-0.25, -0.2) is 0 Å². The van der Waals surface area contributed by atoms with Crippen LogP contribution in [-0.2, 0) is 6.42 Å². The zero-order valence-corrected chi connectivity index (χ0v) is 11.9. The molecule has 0 radical (unpaired) electrons. The number of nitrogens with zero attached hydrogens (tertiary/aromatic N) is 1. The molecule has 0 amide bonds. The quantitative estimate of drug-likeness (QED) is 0.809. The molecule has 2 aromatic rings. The molecule has 5 heteroatoms. The van der Waals surface area contributed by atoms with Crippen LogP contribution in [0.5, 0.6) is 0 Å². The summed E-state index contributed by atoms with van der Waals surface area (Å²) in [5, 5.41) is 1.05. The Bertz CT molecular complexity index is 539. The largest absolute Gasteiger partial charge is 0.361 e. The van der Waals surface area contributed by atoms with E-state index < -0.39 is 5.76 Å². The number of likely N-dealkylation sites (N-methyl/N-ethyl adjacent to an activating group) is 1. The molecular formula is C14H18F2N2S. The van der Waals surface area contributed by atoms with Crippen molar-refractivity contribution in [1.82, 2.24) is 9.88 Å². The van der Waals surface area contributed by atoms with E-state index in [1.165, 1.54) is 5.56 Å². The molecule has 0 unspecified atom stereocenters. The monoisotopic (exact) mass is 284 g/mol. The van der Waals surface area contributed by atoms with E-state index in [-0.39, 0.29) is 0 Å². The van der Waals surface area contributed by atoms with Gasteiger partial charge in [-0.1, -0.05) is 18.7 Å². The Morgan fingerprint density at radius 3 is 2.84 bits per heavy atom. The number of hydrogen-bond donors (Lipinski definition) is 1. The van der Waals surface area contributed by atoms with E-state index in [2.05, 4.69) is 23.9 Å². The zero-order valence-electron chi connectivity index (χ0n) is 11.1. The lowest BCUT2D eigenvalue weighted by Gasteiger charge is -2.12. The van der Waals surface area contributed by atoms with Crippen molar-refractivity contribution in [2.24, 2.45) is 0 Å². The van der Waals surface area contributed by atoms with Crippen LogP contribution >= 0.6 is 11.8 Å². The van der Waals surface area contributed by atoms with Gasteiger partial charge in [0.05, 0.1) is 0 Å². The standard InChI is InChI=1S/C14H18F2N2S/c1-3-18(2)7-6-10-9-17-13-5-4-11(8-12(10)13)19-14(15)16/h4-5,8-9,14,17H,3,6-7H2,1-2H3. The lowest BCUT2D eigenvalue weighted by molar-refractivity contribution is 0.252. The first kappa shape index (κ1) is 14.3. The van der Waals surface area contributed by atoms with Crippen LogP contribution < -0.4 is 0 Å². The van der Waals surface area contributed by atoms with Gasteiger partial charge in [-0.15, -0.1) is 0 Å². The summed E-state index contributed by atoms with van der Waals surface area (Å²) in [4.78, 5) is 6.05. The van der Waals surface area contributed by atoms with Crippen molar-refractivity contribution in [1.29, 1.82) is 0 Å². The molecule has 0 bridgehead atoms. The summed E-state index contributed by atoms with van der Waals surface area (Å²) in [5.41, 5.74) is 2.19. The van der Waals surface area contributed by atoms with Crippen molar-refractivity contribution in [2.45, 2.75) is 24.0 Å². The Morgan fingerprint density at radius 2 is 2.16 bits per heavy atom. The van der Waals surface area contributed by atoms with Crippen LogP contribution in [0.25, 0.3) is 10.9 Å². The lowest BCUT2D eigenvalue weighted by Crippen LogP contribution is -2.20. The van der Waals surface area contributed by atoms with Crippen molar-refractivity contribution >= 4 is 22.7 Å².